The number of nitrogens with zero attached hydrogens (tertiary/aromatic N) is 6. The number of sulfonamides is 2. The highest BCUT2D eigenvalue weighted by atomic mass is 32.2. The summed E-state index contributed by atoms with van der Waals surface area (Å²) in [6.07, 6.45) is 1.05. The van der Waals surface area contributed by atoms with Gasteiger partial charge in [0.25, 0.3) is 0 Å². The van der Waals surface area contributed by atoms with E-state index in [1.54, 1.807) is 20.0 Å². The van der Waals surface area contributed by atoms with Gasteiger partial charge in [0.05, 0.1) is 51.0 Å². The monoisotopic (exact) mass is 872 g/mol. The highest BCUT2D eigenvalue weighted by Crippen LogP contribution is 2.50. The molecule has 6 heterocycles. The number of nitrogen functional groups attached to an aromatic ring is 2. The quantitative estimate of drug-likeness (QED) is 0.136. The Kier molecular flexibility index (Phi) is 11.8. The Balaban J connectivity index is 0.000000203. The van der Waals surface area contributed by atoms with Crippen molar-refractivity contribution in [3.8, 4) is 0 Å². The molecule has 0 spiro atoms. The minimum Gasteiger partial charge on any atom is -0.393 e. The van der Waals surface area contributed by atoms with E-state index in [4.69, 9.17) is 30.4 Å². The number of rotatable bonds is 12. The molecule has 4 aliphatic rings. The van der Waals surface area contributed by atoms with E-state index in [1.807, 2.05) is 60.7 Å². The Labute approximate surface area is 346 Å². The molecule has 324 valence electrons. The Hall–Kier alpha value is -4.62. The average molecular weight is 873 g/mol. The maximum atomic E-state index is 12.9. The highest BCUT2D eigenvalue weighted by Gasteiger charge is 2.68. The van der Waals surface area contributed by atoms with E-state index in [9.17, 15) is 36.6 Å². The number of aliphatic hydroxyl groups is 2. The summed E-state index contributed by atoms with van der Waals surface area (Å²) in [6, 6.07) is 17.4. The summed E-state index contributed by atoms with van der Waals surface area (Å²) in [6.45, 7) is 3.26. The van der Waals surface area contributed by atoms with Gasteiger partial charge in [-0.2, -0.15) is 18.6 Å². The molecule has 4 aromatic rings. The molecule has 60 heavy (non-hydrogen) atoms. The van der Waals surface area contributed by atoms with Gasteiger partial charge in [0, 0.05) is 36.6 Å². The van der Waals surface area contributed by atoms with Crippen LogP contribution in [0.15, 0.2) is 82.6 Å². The number of aryl methyl sites for hydroxylation is 2. The minimum atomic E-state index is -3.68. The topological polar surface area (TPSA) is 274 Å². The second kappa shape index (κ2) is 16.3. The van der Waals surface area contributed by atoms with Crippen LogP contribution < -0.4 is 22.8 Å². The Morgan fingerprint density at radius 2 is 1.20 bits per heavy atom. The number of aromatic nitrogens is 4. The first-order valence-corrected chi connectivity index (χ1v) is 22.5. The van der Waals surface area contributed by atoms with Crippen LogP contribution in [-0.2, 0) is 52.2 Å². The van der Waals surface area contributed by atoms with E-state index < -0.39 is 86.0 Å². The van der Waals surface area contributed by atoms with E-state index in [0.29, 0.717) is 17.7 Å². The maximum Gasteiger partial charge on any atom is 0.351 e. The van der Waals surface area contributed by atoms with Gasteiger partial charge >= 0.3 is 11.4 Å². The lowest BCUT2D eigenvalue weighted by molar-refractivity contribution is -0.163. The highest BCUT2D eigenvalue weighted by molar-refractivity contribution is 7.88. The molecule has 8 rings (SSSR count). The van der Waals surface area contributed by atoms with Crippen LogP contribution in [0.3, 0.4) is 0 Å². The minimum absolute atomic E-state index is 0.0391. The summed E-state index contributed by atoms with van der Waals surface area (Å²) in [4.78, 5) is 32.5. The van der Waals surface area contributed by atoms with Gasteiger partial charge in [0.15, 0.2) is 12.5 Å². The Bertz CT molecular complexity index is 2570. The molecule has 4 saturated heterocycles. The number of benzene rings is 2. The fraction of sp³-hybridized carbons (Fsp3) is 0.474. The largest absolute Gasteiger partial charge is 0.393 e. The lowest BCUT2D eigenvalue weighted by Crippen LogP contribution is -2.51. The molecule has 4 bridgehead atoms. The lowest BCUT2D eigenvalue weighted by Gasteiger charge is -2.36. The molecule has 4 aliphatic heterocycles. The number of hydrogen-bond acceptors (Lipinski definition) is 16. The molecule has 8 atom stereocenters. The molecule has 6 N–H and O–H groups in total. The smallest absolute Gasteiger partial charge is 0.351 e. The number of fused-ring (bicyclic) bond motifs is 4. The molecule has 0 aliphatic carbocycles. The molecule has 2 aromatic heterocycles. The molecular formula is C38H48N8O12S2. The Morgan fingerprint density at radius 3 is 1.68 bits per heavy atom. The van der Waals surface area contributed by atoms with Gasteiger partial charge in [-0.05, 0) is 25.0 Å². The van der Waals surface area contributed by atoms with Crippen molar-refractivity contribution >= 4 is 31.7 Å². The SMILES string of the molecule is Cc1cn([C@@H]2O[C@@]3(CO)CN(S(C)(=O)=O)[C@@H]2[C@@H]3O)c(=O)nc1N.Cc1cn([C@@H]2O[C@@]3(COCc4ccccc4)CN(S(C)(=O)=O)[C@@H]2[C@@H]3OCc2ccccc2)c(=O)nc1N. The predicted molar refractivity (Wildman–Crippen MR) is 216 cm³/mol. The fourth-order valence-electron chi connectivity index (χ4n) is 8.19. The van der Waals surface area contributed by atoms with E-state index >= 15 is 0 Å². The standard InChI is InChI=1S/C26H30N4O6S.C12H18N4O6S/c1-18-13-29(25(31)28-23(18)27)24-21-22(35-15-20-11-7-4-8-12-20)26(36-24,16-30(21)37(2,32)33)17-34-14-19-9-5-3-6-10-19;1-6-3-15(11(19)14-9(6)13)10-7-8(18)12(5-17,22-10)4-16(7)23(2,20)21/h3-13,21-22,24H,14-17H2,1-2H3,(H2,27,28,31);3,7-8,10,17-18H,4-5H2,1-2H3,(H2,13,14,19)/t21-,22+,24-,26-;7-,8+,10-,12-/m11/s1. The zero-order chi connectivity index (χ0) is 43.4. The molecule has 2 aromatic carbocycles. The fourth-order valence-corrected chi connectivity index (χ4v) is 10.4. The number of hydrogen-bond donors (Lipinski definition) is 4. The summed E-state index contributed by atoms with van der Waals surface area (Å²) in [5, 5.41) is 20.0. The number of nitrogens with two attached hydrogens (primary N) is 2. The van der Waals surface area contributed by atoms with Gasteiger partial charge in [0.1, 0.15) is 35.0 Å². The van der Waals surface area contributed by atoms with Crippen LogP contribution in [0.2, 0.25) is 0 Å². The van der Waals surface area contributed by atoms with Gasteiger partial charge in [0.2, 0.25) is 20.0 Å². The third-order valence-electron chi connectivity index (χ3n) is 11.2. The van der Waals surface area contributed by atoms with E-state index in [-0.39, 0.29) is 37.9 Å². The molecule has 0 saturated carbocycles. The first-order valence-electron chi connectivity index (χ1n) is 18.8. The first-order chi connectivity index (χ1) is 28.3. The van der Waals surface area contributed by atoms with Crippen LogP contribution in [0.4, 0.5) is 11.6 Å². The zero-order valence-electron chi connectivity index (χ0n) is 33.3. The first kappa shape index (κ1) is 43.5. The molecule has 20 nitrogen and oxygen atoms in total. The van der Waals surface area contributed by atoms with Crippen molar-refractivity contribution in [1.82, 2.24) is 27.7 Å². The van der Waals surface area contributed by atoms with Crippen LogP contribution in [0, 0.1) is 13.8 Å². The molecule has 22 heteroatoms. The van der Waals surface area contributed by atoms with Crippen molar-refractivity contribution < 1.29 is 46.0 Å². The van der Waals surface area contributed by atoms with Crippen LogP contribution in [0.1, 0.15) is 34.7 Å². The number of anilines is 2. The molecule has 0 amide bonds. The van der Waals surface area contributed by atoms with Gasteiger partial charge in [-0.1, -0.05) is 60.7 Å². The second-order valence-corrected chi connectivity index (χ2v) is 19.4. The molecule has 0 radical (unpaired) electrons. The Morgan fingerprint density at radius 1 is 0.750 bits per heavy atom. The van der Waals surface area contributed by atoms with Crippen molar-refractivity contribution in [2.24, 2.45) is 0 Å². The summed E-state index contributed by atoms with van der Waals surface area (Å²) >= 11 is 0. The van der Waals surface area contributed by atoms with Crippen molar-refractivity contribution in [1.29, 1.82) is 0 Å². The van der Waals surface area contributed by atoms with Crippen molar-refractivity contribution in [2.45, 2.75) is 75.0 Å². The van der Waals surface area contributed by atoms with E-state index in [0.717, 1.165) is 32.5 Å². The summed E-state index contributed by atoms with van der Waals surface area (Å²) in [7, 11) is -7.34. The zero-order valence-corrected chi connectivity index (χ0v) is 34.9. The van der Waals surface area contributed by atoms with Crippen LogP contribution in [-0.4, -0.2) is 129 Å². The maximum absolute atomic E-state index is 12.9. The van der Waals surface area contributed by atoms with Crippen molar-refractivity contribution in [3.05, 3.63) is 116 Å². The van der Waals surface area contributed by atoms with Gasteiger partial charge in [-0.25, -0.2) is 26.4 Å². The van der Waals surface area contributed by atoms with Crippen LogP contribution in [0.25, 0.3) is 0 Å². The van der Waals surface area contributed by atoms with Gasteiger partial charge < -0.3 is 40.6 Å². The number of morpholine rings is 2. The van der Waals surface area contributed by atoms with Crippen LogP contribution in [0.5, 0.6) is 0 Å². The number of aliphatic hydroxyl groups excluding tert-OH is 2. The molecule has 4 fully saturated rings. The van der Waals surface area contributed by atoms with Gasteiger partial charge in [-0.3, -0.25) is 9.13 Å². The second-order valence-electron chi connectivity index (χ2n) is 15.5. The lowest BCUT2D eigenvalue weighted by atomic mass is 10.00. The summed E-state index contributed by atoms with van der Waals surface area (Å²) < 4.78 is 79.2. The molecular weight excluding hydrogens is 825 g/mol. The van der Waals surface area contributed by atoms with Gasteiger partial charge in [-0.15, -0.1) is 0 Å². The third kappa shape index (κ3) is 8.11. The third-order valence-corrected chi connectivity index (χ3v) is 13.7. The van der Waals surface area contributed by atoms with Crippen molar-refractivity contribution in [3.63, 3.8) is 0 Å². The van der Waals surface area contributed by atoms with E-state index in [1.165, 1.54) is 15.1 Å². The van der Waals surface area contributed by atoms with Crippen molar-refractivity contribution in [2.75, 3.05) is 50.3 Å². The predicted octanol–water partition coefficient (Wildman–Crippen LogP) is -0.754. The normalized spacial score (nSPS) is 28.8. The number of ether oxygens (including phenoxy) is 4. The summed E-state index contributed by atoms with van der Waals surface area (Å²) in [5.41, 5.74) is 10.4. The average Bonchev–Trinajstić information content (AvgIpc) is 3.88. The molecule has 0 unspecified atom stereocenters. The summed E-state index contributed by atoms with van der Waals surface area (Å²) in [5.74, 6) is 0.175. The van der Waals surface area contributed by atoms with E-state index in [2.05, 4.69) is 9.97 Å². The van der Waals surface area contributed by atoms with Crippen LogP contribution >= 0.6 is 0 Å².